The van der Waals surface area contributed by atoms with Crippen LogP contribution >= 0.6 is 0 Å². The Morgan fingerprint density at radius 1 is 1.03 bits per heavy atom. The maximum atomic E-state index is 13.2. The minimum absolute atomic E-state index is 0.196. The van der Waals surface area contributed by atoms with E-state index in [0.717, 1.165) is 55.1 Å². The lowest BCUT2D eigenvalue weighted by atomic mass is 9.80. The van der Waals surface area contributed by atoms with E-state index in [-0.39, 0.29) is 12.6 Å². The van der Waals surface area contributed by atoms with Crippen LogP contribution in [-0.4, -0.2) is 37.2 Å². The lowest BCUT2D eigenvalue weighted by molar-refractivity contribution is 0.218. The molecule has 7 heteroatoms. The second kappa shape index (κ2) is 9.96. The van der Waals surface area contributed by atoms with Crippen molar-refractivity contribution in [1.82, 2.24) is 24.5 Å². The Hall–Kier alpha value is -2.57. The molecule has 5 rings (SSSR count). The van der Waals surface area contributed by atoms with Gasteiger partial charge < -0.3 is 9.88 Å². The van der Waals surface area contributed by atoms with Crippen LogP contribution in [0.25, 0.3) is 22.7 Å². The minimum Gasteiger partial charge on any atom is -0.365 e. The molecule has 2 aliphatic carbocycles. The number of anilines is 1. The Balaban J connectivity index is 1.55. The van der Waals surface area contributed by atoms with E-state index in [9.17, 15) is 4.39 Å². The molecule has 0 aromatic carbocycles. The first-order chi connectivity index (χ1) is 16.5. The van der Waals surface area contributed by atoms with Crippen LogP contribution in [0.15, 0.2) is 24.7 Å². The third kappa shape index (κ3) is 4.66. The van der Waals surface area contributed by atoms with Crippen LogP contribution in [-0.2, 0) is 6.54 Å². The van der Waals surface area contributed by atoms with Gasteiger partial charge in [0.1, 0.15) is 17.5 Å². The van der Waals surface area contributed by atoms with Crippen LogP contribution in [0.2, 0.25) is 0 Å². The number of nitrogens with zero attached hydrogens (tertiary/aromatic N) is 5. The molecule has 3 aromatic rings. The topological polar surface area (TPSA) is 68.5 Å². The highest BCUT2D eigenvalue weighted by molar-refractivity contribution is 5.86. The number of imidazole rings is 1. The maximum absolute atomic E-state index is 13.2. The molecule has 0 radical (unpaired) electrons. The van der Waals surface area contributed by atoms with E-state index >= 15 is 0 Å². The van der Waals surface area contributed by atoms with Gasteiger partial charge in [-0.15, -0.1) is 0 Å². The third-order valence-electron chi connectivity index (χ3n) is 8.07. The molecule has 6 nitrogen and oxygen atoms in total. The lowest BCUT2D eigenvalue weighted by Gasteiger charge is -2.32. The molecule has 2 fully saturated rings. The number of alkyl halides is 1. The Bertz CT molecular complexity index is 1110. The lowest BCUT2D eigenvalue weighted by Crippen LogP contribution is -2.31. The standard InChI is InChI=1S/C27H37FN6/c1-17(2)22-11-12-29-23(13-22)27-33-26-24(34(27)15-20-9-7-19(14-28)8-10-20)25(30-16-31-26)32-18(3)21-5-4-6-21/h11-13,16-21H,4-10,14-15H2,1-3H3,(H,30,31,32)/t18-,19-,20-/m1/s1. The summed E-state index contributed by atoms with van der Waals surface area (Å²) in [6.07, 6.45) is 11.4. The van der Waals surface area contributed by atoms with Gasteiger partial charge >= 0.3 is 0 Å². The van der Waals surface area contributed by atoms with Gasteiger partial charge in [0.2, 0.25) is 0 Å². The van der Waals surface area contributed by atoms with E-state index in [4.69, 9.17) is 9.97 Å². The molecule has 182 valence electrons. The molecule has 34 heavy (non-hydrogen) atoms. The second-order valence-electron chi connectivity index (χ2n) is 10.7. The van der Waals surface area contributed by atoms with Gasteiger partial charge in [0.05, 0.1) is 6.67 Å². The fraction of sp³-hybridized carbons (Fsp3) is 0.630. The average Bonchev–Trinajstić information content (AvgIpc) is 3.18. The minimum atomic E-state index is -0.196. The number of rotatable bonds is 8. The average molecular weight is 465 g/mol. The van der Waals surface area contributed by atoms with Crippen molar-refractivity contribution in [2.45, 2.75) is 84.2 Å². The molecule has 1 N–H and O–H groups in total. The van der Waals surface area contributed by atoms with Crippen LogP contribution in [0, 0.1) is 17.8 Å². The van der Waals surface area contributed by atoms with E-state index in [1.54, 1.807) is 6.33 Å². The molecule has 0 spiro atoms. The van der Waals surface area contributed by atoms with Crippen molar-refractivity contribution < 1.29 is 4.39 Å². The number of hydrogen-bond donors (Lipinski definition) is 1. The largest absolute Gasteiger partial charge is 0.365 e. The molecule has 0 bridgehead atoms. The number of halogens is 1. The molecule has 0 saturated heterocycles. The van der Waals surface area contributed by atoms with E-state index < -0.39 is 0 Å². The molecular weight excluding hydrogens is 427 g/mol. The van der Waals surface area contributed by atoms with Gasteiger partial charge in [0.15, 0.2) is 17.3 Å². The van der Waals surface area contributed by atoms with Crippen LogP contribution < -0.4 is 5.32 Å². The Kier molecular flexibility index (Phi) is 6.79. The second-order valence-corrected chi connectivity index (χ2v) is 10.7. The van der Waals surface area contributed by atoms with E-state index in [1.165, 1.54) is 24.8 Å². The summed E-state index contributed by atoms with van der Waals surface area (Å²) in [5.74, 6) is 3.54. The highest BCUT2D eigenvalue weighted by atomic mass is 19.1. The molecular formula is C27H37FN6. The van der Waals surface area contributed by atoms with E-state index in [2.05, 4.69) is 52.8 Å². The Morgan fingerprint density at radius 3 is 2.47 bits per heavy atom. The third-order valence-corrected chi connectivity index (χ3v) is 8.07. The SMILES string of the molecule is CC(C)c1ccnc(-c2nc3ncnc(N[C@H](C)C4CCC4)c3n2C[C@H]2CC[C@H](CF)CC2)c1. The van der Waals surface area contributed by atoms with Gasteiger partial charge in [0, 0.05) is 18.8 Å². The number of fused-ring (bicyclic) bond motifs is 1. The van der Waals surface area contributed by atoms with Gasteiger partial charge in [-0.2, -0.15) is 0 Å². The van der Waals surface area contributed by atoms with Crippen molar-refractivity contribution in [2.75, 3.05) is 12.0 Å². The predicted octanol–water partition coefficient (Wildman–Crippen LogP) is 6.39. The number of aromatic nitrogens is 5. The van der Waals surface area contributed by atoms with Gasteiger partial charge in [-0.3, -0.25) is 9.37 Å². The van der Waals surface area contributed by atoms with Gasteiger partial charge in [-0.25, -0.2) is 15.0 Å². The molecule has 2 aliphatic rings. The highest BCUT2D eigenvalue weighted by Gasteiger charge is 2.28. The molecule has 1 atom stereocenters. The van der Waals surface area contributed by atoms with Crippen molar-refractivity contribution in [1.29, 1.82) is 0 Å². The Morgan fingerprint density at radius 2 is 1.79 bits per heavy atom. The summed E-state index contributed by atoms with van der Waals surface area (Å²) in [5, 5.41) is 3.69. The fourth-order valence-corrected chi connectivity index (χ4v) is 5.47. The zero-order chi connectivity index (χ0) is 23.7. The van der Waals surface area contributed by atoms with Crippen molar-refractivity contribution >= 4 is 17.0 Å². The molecule has 3 aromatic heterocycles. The van der Waals surface area contributed by atoms with E-state index in [1.807, 2.05) is 6.20 Å². The zero-order valence-electron chi connectivity index (χ0n) is 20.7. The van der Waals surface area contributed by atoms with Crippen molar-refractivity contribution in [3.05, 3.63) is 30.2 Å². The van der Waals surface area contributed by atoms with Crippen molar-refractivity contribution in [2.24, 2.45) is 17.8 Å². The molecule has 0 aliphatic heterocycles. The van der Waals surface area contributed by atoms with Crippen LogP contribution in [0.4, 0.5) is 10.2 Å². The van der Waals surface area contributed by atoms with Crippen LogP contribution in [0.3, 0.4) is 0 Å². The summed E-state index contributed by atoms with van der Waals surface area (Å²) < 4.78 is 15.5. The summed E-state index contributed by atoms with van der Waals surface area (Å²) in [5.41, 5.74) is 3.80. The quantitative estimate of drug-likeness (QED) is 0.418. The summed E-state index contributed by atoms with van der Waals surface area (Å²) >= 11 is 0. The summed E-state index contributed by atoms with van der Waals surface area (Å²) in [7, 11) is 0. The Labute approximate surface area is 201 Å². The monoisotopic (exact) mass is 464 g/mol. The predicted molar refractivity (Wildman–Crippen MR) is 134 cm³/mol. The zero-order valence-corrected chi connectivity index (χ0v) is 20.7. The molecule has 0 unspecified atom stereocenters. The van der Waals surface area contributed by atoms with Crippen molar-refractivity contribution in [3.8, 4) is 11.5 Å². The maximum Gasteiger partial charge on any atom is 0.183 e. The molecule has 2 saturated carbocycles. The summed E-state index contributed by atoms with van der Waals surface area (Å²) in [4.78, 5) is 18.9. The number of nitrogens with one attached hydrogen (secondary N) is 1. The highest BCUT2D eigenvalue weighted by Crippen LogP contribution is 2.36. The summed E-state index contributed by atoms with van der Waals surface area (Å²) in [6, 6.07) is 4.59. The van der Waals surface area contributed by atoms with E-state index in [0.29, 0.717) is 29.4 Å². The van der Waals surface area contributed by atoms with Crippen molar-refractivity contribution in [3.63, 3.8) is 0 Å². The normalized spacial score (nSPS) is 22.1. The first-order valence-corrected chi connectivity index (χ1v) is 13.0. The number of pyridine rings is 1. The molecule has 0 amide bonds. The van der Waals surface area contributed by atoms with Gasteiger partial charge in [-0.1, -0.05) is 20.3 Å². The van der Waals surface area contributed by atoms with Gasteiger partial charge in [-0.05, 0) is 86.8 Å². The molecule has 3 heterocycles. The smallest absolute Gasteiger partial charge is 0.183 e. The fourth-order valence-electron chi connectivity index (χ4n) is 5.47. The first kappa shape index (κ1) is 23.2. The van der Waals surface area contributed by atoms with Gasteiger partial charge in [0.25, 0.3) is 0 Å². The summed E-state index contributed by atoms with van der Waals surface area (Å²) in [6.45, 7) is 7.28. The van der Waals surface area contributed by atoms with Crippen LogP contribution in [0.1, 0.15) is 77.2 Å². The van der Waals surface area contributed by atoms with Crippen LogP contribution in [0.5, 0.6) is 0 Å². The number of hydrogen-bond acceptors (Lipinski definition) is 5. The first-order valence-electron chi connectivity index (χ1n) is 13.0.